The van der Waals surface area contributed by atoms with E-state index in [2.05, 4.69) is 74.2 Å². The molecule has 1 saturated heterocycles. The normalized spacial score (nSPS) is 24.8. The molecule has 0 amide bonds. The monoisotopic (exact) mass is 312 g/mol. The van der Waals surface area contributed by atoms with E-state index >= 15 is 0 Å². The summed E-state index contributed by atoms with van der Waals surface area (Å²) in [6.45, 7) is 7.35. The summed E-state index contributed by atoms with van der Waals surface area (Å²) >= 11 is 0. The second-order valence-corrected chi connectivity index (χ2v) is 11.4. The molecule has 0 unspecified atom stereocenters. The Labute approximate surface area is 134 Å². The molecular formula is C19H24O2Si. The molecule has 0 spiro atoms. The first-order valence-corrected chi connectivity index (χ1v) is 11.3. The zero-order valence-corrected chi connectivity index (χ0v) is 14.5. The first-order valence-electron chi connectivity index (χ1n) is 7.94. The van der Waals surface area contributed by atoms with E-state index in [1.807, 2.05) is 6.07 Å². The number of hydrogen-bond acceptors (Lipinski definition) is 2. The van der Waals surface area contributed by atoms with Crippen molar-refractivity contribution < 1.29 is 9.16 Å². The average molecular weight is 312 g/mol. The summed E-state index contributed by atoms with van der Waals surface area (Å²) in [5, 5.41) is 0. The third-order valence-electron chi connectivity index (χ3n) is 4.04. The van der Waals surface area contributed by atoms with Crippen LogP contribution in [0.3, 0.4) is 0 Å². The quantitative estimate of drug-likeness (QED) is 0.741. The molecule has 0 radical (unpaired) electrons. The SMILES string of the molecule is C[Si](C)(C)OC[C@H]1O[C@@H](c2ccccc2)[C@@H]1c1ccccc1. The molecule has 2 aromatic rings. The predicted octanol–water partition coefficient (Wildman–Crippen LogP) is 4.76. The van der Waals surface area contributed by atoms with Crippen LogP contribution >= 0.6 is 0 Å². The maximum Gasteiger partial charge on any atom is 0.183 e. The van der Waals surface area contributed by atoms with Crippen LogP contribution in [0.25, 0.3) is 0 Å². The van der Waals surface area contributed by atoms with E-state index in [9.17, 15) is 0 Å². The van der Waals surface area contributed by atoms with Crippen LogP contribution in [-0.4, -0.2) is 21.0 Å². The van der Waals surface area contributed by atoms with E-state index in [1.54, 1.807) is 0 Å². The van der Waals surface area contributed by atoms with Gasteiger partial charge in [-0.2, -0.15) is 0 Å². The zero-order chi connectivity index (χ0) is 15.6. The molecule has 3 atom stereocenters. The molecular weight excluding hydrogens is 288 g/mol. The van der Waals surface area contributed by atoms with Crippen molar-refractivity contribution in [3.8, 4) is 0 Å². The van der Waals surface area contributed by atoms with Gasteiger partial charge in [-0.3, -0.25) is 0 Å². The molecule has 0 aliphatic carbocycles. The third kappa shape index (κ3) is 3.49. The molecule has 1 aliphatic heterocycles. The second-order valence-electron chi connectivity index (χ2n) is 6.87. The van der Waals surface area contributed by atoms with E-state index in [0.717, 1.165) is 0 Å². The summed E-state index contributed by atoms with van der Waals surface area (Å²) in [7, 11) is -1.51. The standard InChI is InChI=1S/C19H24O2Si/c1-22(2,3)20-14-17-18(15-10-6-4-7-11-15)19(21-17)16-12-8-5-9-13-16/h4-13,17-19H,14H2,1-3H3/t17-,18-,19+/m1/s1. The maximum atomic E-state index is 6.18. The van der Waals surface area contributed by atoms with E-state index in [-0.39, 0.29) is 12.2 Å². The van der Waals surface area contributed by atoms with E-state index in [0.29, 0.717) is 12.5 Å². The highest BCUT2D eigenvalue weighted by molar-refractivity contribution is 6.69. The van der Waals surface area contributed by atoms with Crippen LogP contribution in [0.5, 0.6) is 0 Å². The lowest BCUT2D eigenvalue weighted by Crippen LogP contribution is -2.45. The van der Waals surface area contributed by atoms with Gasteiger partial charge in [-0.25, -0.2) is 0 Å². The Morgan fingerprint density at radius 2 is 1.41 bits per heavy atom. The predicted molar refractivity (Wildman–Crippen MR) is 92.5 cm³/mol. The molecule has 3 rings (SSSR count). The van der Waals surface area contributed by atoms with E-state index in [1.165, 1.54) is 11.1 Å². The Morgan fingerprint density at radius 3 is 1.95 bits per heavy atom. The Bertz CT molecular complexity index is 592. The molecule has 1 fully saturated rings. The van der Waals surface area contributed by atoms with Crippen LogP contribution in [0, 0.1) is 0 Å². The maximum absolute atomic E-state index is 6.18. The minimum atomic E-state index is -1.51. The van der Waals surface area contributed by atoms with E-state index in [4.69, 9.17) is 9.16 Å². The number of benzene rings is 2. The lowest BCUT2D eigenvalue weighted by molar-refractivity contribution is -0.166. The first kappa shape index (κ1) is 15.5. The minimum absolute atomic E-state index is 0.138. The van der Waals surface area contributed by atoms with Gasteiger partial charge >= 0.3 is 0 Å². The van der Waals surface area contributed by atoms with Gasteiger partial charge in [0.1, 0.15) is 0 Å². The van der Waals surface area contributed by atoms with Crippen LogP contribution in [-0.2, 0) is 9.16 Å². The van der Waals surface area contributed by atoms with Crippen molar-refractivity contribution in [2.24, 2.45) is 0 Å². The third-order valence-corrected chi connectivity index (χ3v) is 5.07. The number of rotatable bonds is 5. The van der Waals surface area contributed by atoms with Crippen LogP contribution in [0.2, 0.25) is 19.6 Å². The van der Waals surface area contributed by atoms with Gasteiger partial charge in [-0.05, 0) is 30.8 Å². The van der Waals surface area contributed by atoms with Crippen molar-refractivity contribution in [2.45, 2.75) is 37.8 Å². The smallest absolute Gasteiger partial charge is 0.183 e. The van der Waals surface area contributed by atoms with Gasteiger partial charge in [0, 0.05) is 5.92 Å². The van der Waals surface area contributed by atoms with Gasteiger partial charge in [-0.15, -0.1) is 0 Å². The lowest BCUT2D eigenvalue weighted by atomic mass is 9.80. The van der Waals surface area contributed by atoms with Gasteiger partial charge in [0.2, 0.25) is 0 Å². The summed E-state index contributed by atoms with van der Waals surface area (Å²) in [6, 6.07) is 21.2. The average Bonchev–Trinajstić information content (AvgIpc) is 2.47. The fourth-order valence-corrected chi connectivity index (χ4v) is 3.60. The largest absolute Gasteiger partial charge is 0.415 e. The Morgan fingerprint density at radius 1 is 0.864 bits per heavy atom. The molecule has 116 valence electrons. The molecule has 0 aromatic heterocycles. The van der Waals surface area contributed by atoms with Crippen LogP contribution in [0.4, 0.5) is 0 Å². The molecule has 0 bridgehead atoms. The Hall–Kier alpha value is -1.42. The fourth-order valence-electron chi connectivity index (χ4n) is 2.93. The van der Waals surface area contributed by atoms with Gasteiger partial charge in [0.25, 0.3) is 0 Å². The number of ether oxygens (including phenoxy) is 1. The Kier molecular flexibility index (Phi) is 4.48. The minimum Gasteiger partial charge on any atom is -0.415 e. The van der Waals surface area contributed by atoms with Crippen molar-refractivity contribution in [1.29, 1.82) is 0 Å². The van der Waals surface area contributed by atoms with Crippen LogP contribution in [0.15, 0.2) is 60.7 Å². The van der Waals surface area contributed by atoms with E-state index < -0.39 is 8.32 Å². The summed E-state index contributed by atoms with van der Waals surface area (Å²) in [5.41, 5.74) is 2.59. The van der Waals surface area contributed by atoms with Gasteiger partial charge in [0.15, 0.2) is 8.32 Å². The van der Waals surface area contributed by atoms with Gasteiger partial charge in [0.05, 0.1) is 18.8 Å². The van der Waals surface area contributed by atoms with Crippen molar-refractivity contribution >= 4 is 8.32 Å². The van der Waals surface area contributed by atoms with Crippen molar-refractivity contribution in [3.63, 3.8) is 0 Å². The van der Waals surface area contributed by atoms with Crippen molar-refractivity contribution in [1.82, 2.24) is 0 Å². The molecule has 2 nitrogen and oxygen atoms in total. The molecule has 1 heterocycles. The first-order chi connectivity index (χ1) is 10.5. The van der Waals surface area contributed by atoms with Crippen LogP contribution in [0.1, 0.15) is 23.1 Å². The van der Waals surface area contributed by atoms with Crippen molar-refractivity contribution in [3.05, 3.63) is 71.8 Å². The van der Waals surface area contributed by atoms with Gasteiger partial charge < -0.3 is 9.16 Å². The highest BCUT2D eigenvalue weighted by Gasteiger charge is 2.44. The fraction of sp³-hybridized carbons (Fsp3) is 0.368. The lowest BCUT2D eigenvalue weighted by Gasteiger charge is -2.46. The molecule has 22 heavy (non-hydrogen) atoms. The Balaban J connectivity index is 1.79. The van der Waals surface area contributed by atoms with Gasteiger partial charge in [-0.1, -0.05) is 60.7 Å². The summed E-state index contributed by atoms with van der Waals surface area (Å²) in [5.74, 6) is 0.375. The number of hydrogen-bond donors (Lipinski definition) is 0. The summed E-state index contributed by atoms with van der Waals surface area (Å²) < 4.78 is 12.3. The van der Waals surface area contributed by atoms with Crippen molar-refractivity contribution in [2.75, 3.05) is 6.61 Å². The summed E-state index contributed by atoms with van der Waals surface area (Å²) in [6.07, 6.45) is 0.290. The molecule has 0 saturated carbocycles. The summed E-state index contributed by atoms with van der Waals surface area (Å²) in [4.78, 5) is 0. The second kappa shape index (κ2) is 6.37. The molecule has 1 aliphatic rings. The van der Waals surface area contributed by atoms with Crippen LogP contribution < -0.4 is 0 Å². The molecule has 3 heteroatoms. The highest BCUT2D eigenvalue weighted by atomic mass is 28.4. The zero-order valence-electron chi connectivity index (χ0n) is 13.5. The highest BCUT2D eigenvalue weighted by Crippen LogP contribution is 2.47. The topological polar surface area (TPSA) is 18.5 Å². The molecule has 0 N–H and O–H groups in total. The molecule has 2 aromatic carbocycles.